The second kappa shape index (κ2) is 5.11. The standard InChI is InChI=1S/C16H14ClFN2O/c1-8(2)16-19-13(9(3)15(17)20-16)12-7-10-5-4-6-11(18)14(10)21-12/h4-8H,1-3H3. The fourth-order valence-electron chi connectivity index (χ4n) is 2.15. The van der Waals surface area contributed by atoms with E-state index in [0.29, 0.717) is 27.8 Å². The number of fused-ring (bicyclic) bond motifs is 1. The molecule has 0 fully saturated rings. The summed E-state index contributed by atoms with van der Waals surface area (Å²) in [6, 6.07) is 6.59. The summed E-state index contributed by atoms with van der Waals surface area (Å²) in [7, 11) is 0. The van der Waals surface area contributed by atoms with E-state index in [1.807, 2.05) is 20.8 Å². The van der Waals surface area contributed by atoms with Crippen LogP contribution in [0.5, 0.6) is 0 Å². The molecule has 3 aromatic rings. The van der Waals surface area contributed by atoms with Crippen molar-refractivity contribution in [2.24, 2.45) is 0 Å². The minimum atomic E-state index is -0.388. The highest BCUT2D eigenvalue weighted by Crippen LogP contribution is 2.32. The predicted molar refractivity (Wildman–Crippen MR) is 81.0 cm³/mol. The molecule has 0 aliphatic rings. The number of aromatic nitrogens is 2. The van der Waals surface area contributed by atoms with E-state index < -0.39 is 0 Å². The zero-order chi connectivity index (χ0) is 15.1. The summed E-state index contributed by atoms with van der Waals surface area (Å²) >= 11 is 6.18. The first-order valence-electron chi connectivity index (χ1n) is 6.70. The first kappa shape index (κ1) is 14.0. The average Bonchev–Trinajstić information content (AvgIpc) is 2.86. The van der Waals surface area contributed by atoms with Gasteiger partial charge in [0.25, 0.3) is 0 Å². The number of hydrogen-bond donors (Lipinski definition) is 0. The van der Waals surface area contributed by atoms with Crippen molar-refractivity contribution in [2.45, 2.75) is 26.7 Å². The van der Waals surface area contributed by atoms with Crippen molar-refractivity contribution in [3.05, 3.63) is 46.6 Å². The van der Waals surface area contributed by atoms with Gasteiger partial charge in [0.1, 0.15) is 16.7 Å². The van der Waals surface area contributed by atoms with Crippen molar-refractivity contribution in [1.82, 2.24) is 9.97 Å². The van der Waals surface area contributed by atoms with Crippen LogP contribution < -0.4 is 0 Å². The second-order valence-corrected chi connectivity index (χ2v) is 5.63. The molecule has 0 aliphatic carbocycles. The number of halogens is 2. The molecule has 0 spiro atoms. The Balaban J connectivity index is 2.24. The van der Waals surface area contributed by atoms with Gasteiger partial charge < -0.3 is 4.42 Å². The number of para-hydroxylation sites is 1. The van der Waals surface area contributed by atoms with Gasteiger partial charge in [-0.3, -0.25) is 0 Å². The van der Waals surface area contributed by atoms with Crippen LogP contribution >= 0.6 is 11.6 Å². The quantitative estimate of drug-likeness (QED) is 0.617. The Morgan fingerprint density at radius 3 is 2.67 bits per heavy atom. The number of nitrogens with zero attached hydrogens (tertiary/aromatic N) is 2. The third-order valence-electron chi connectivity index (χ3n) is 3.35. The summed E-state index contributed by atoms with van der Waals surface area (Å²) in [5.41, 5.74) is 1.56. The van der Waals surface area contributed by atoms with Gasteiger partial charge in [-0.15, -0.1) is 0 Å². The minimum absolute atomic E-state index is 0.142. The molecule has 0 atom stereocenters. The van der Waals surface area contributed by atoms with Crippen molar-refractivity contribution in [3.8, 4) is 11.5 Å². The van der Waals surface area contributed by atoms with Crippen molar-refractivity contribution in [1.29, 1.82) is 0 Å². The number of benzene rings is 1. The van der Waals surface area contributed by atoms with Crippen LogP contribution in [-0.2, 0) is 0 Å². The molecular weight excluding hydrogens is 291 g/mol. The molecule has 5 heteroatoms. The van der Waals surface area contributed by atoms with Gasteiger partial charge >= 0.3 is 0 Å². The Kier molecular flexibility index (Phi) is 3.41. The van der Waals surface area contributed by atoms with Crippen LogP contribution in [0.2, 0.25) is 5.15 Å². The van der Waals surface area contributed by atoms with Crippen molar-refractivity contribution in [2.75, 3.05) is 0 Å². The molecular formula is C16H14ClFN2O. The lowest BCUT2D eigenvalue weighted by Crippen LogP contribution is -2.01. The predicted octanol–water partition coefficient (Wildman–Crippen LogP) is 5.11. The highest BCUT2D eigenvalue weighted by Gasteiger charge is 2.17. The van der Waals surface area contributed by atoms with Crippen LogP contribution in [0.4, 0.5) is 4.39 Å². The number of hydrogen-bond acceptors (Lipinski definition) is 3. The molecule has 3 rings (SSSR count). The summed E-state index contributed by atoms with van der Waals surface area (Å²) in [6.07, 6.45) is 0. The normalized spacial score (nSPS) is 11.5. The fourth-order valence-corrected chi connectivity index (χ4v) is 2.32. The molecule has 0 unspecified atom stereocenters. The maximum atomic E-state index is 13.8. The van der Waals surface area contributed by atoms with Gasteiger partial charge in [-0.25, -0.2) is 14.4 Å². The van der Waals surface area contributed by atoms with E-state index in [2.05, 4.69) is 9.97 Å². The third kappa shape index (κ3) is 2.40. The largest absolute Gasteiger partial charge is 0.451 e. The van der Waals surface area contributed by atoms with Crippen molar-refractivity contribution in [3.63, 3.8) is 0 Å². The molecule has 2 heterocycles. The molecule has 0 bridgehead atoms. The van der Waals surface area contributed by atoms with E-state index in [1.54, 1.807) is 18.2 Å². The van der Waals surface area contributed by atoms with Crippen LogP contribution in [0, 0.1) is 12.7 Å². The molecule has 3 nitrogen and oxygen atoms in total. The van der Waals surface area contributed by atoms with E-state index in [-0.39, 0.29) is 17.3 Å². The first-order chi connectivity index (χ1) is 9.97. The smallest absolute Gasteiger partial charge is 0.170 e. The molecule has 0 amide bonds. The fraction of sp³-hybridized carbons (Fsp3) is 0.250. The van der Waals surface area contributed by atoms with Gasteiger partial charge in [0.15, 0.2) is 17.2 Å². The van der Waals surface area contributed by atoms with Crippen LogP contribution in [0.25, 0.3) is 22.4 Å². The van der Waals surface area contributed by atoms with E-state index in [4.69, 9.17) is 16.0 Å². The van der Waals surface area contributed by atoms with Gasteiger partial charge in [-0.05, 0) is 19.1 Å². The molecule has 0 saturated carbocycles. The molecule has 0 saturated heterocycles. The zero-order valence-corrected chi connectivity index (χ0v) is 12.7. The maximum absolute atomic E-state index is 13.8. The summed E-state index contributed by atoms with van der Waals surface area (Å²) in [5.74, 6) is 0.893. The third-order valence-corrected chi connectivity index (χ3v) is 3.72. The molecule has 0 radical (unpaired) electrons. The summed E-state index contributed by atoms with van der Waals surface area (Å²) in [6.45, 7) is 5.80. The molecule has 21 heavy (non-hydrogen) atoms. The SMILES string of the molecule is Cc1c(Cl)nc(C(C)C)nc1-c1cc2cccc(F)c2o1. The van der Waals surface area contributed by atoms with Gasteiger partial charge in [0.2, 0.25) is 0 Å². The maximum Gasteiger partial charge on any atom is 0.170 e. The van der Waals surface area contributed by atoms with Crippen molar-refractivity contribution < 1.29 is 8.81 Å². The first-order valence-corrected chi connectivity index (χ1v) is 7.07. The van der Waals surface area contributed by atoms with Crippen LogP contribution in [-0.4, -0.2) is 9.97 Å². The minimum Gasteiger partial charge on any atom is -0.451 e. The highest BCUT2D eigenvalue weighted by molar-refractivity contribution is 6.30. The monoisotopic (exact) mass is 304 g/mol. The topological polar surface area (TPSA) is 38.9 Å². The van der Waals surface area contributed by atoms with E-state index in [1.165, 1.54) is 6.07 Å². The number of furan rings is 1. The summed E-state index contributed by atoms with van der Waals surface area (Å²) in [4.78, 5) is 8.78. The molecule has 1 aromatic carbocycles. The molecule has 108 valence electrons. The van der Waals surface area contributed by atoms with Gasteiger partial charge in [0.05, 0.1) is 0 Å². The van der Waals surface area contributed by atoms with E-state index in [9.17, 15) is 4.39 Å². The van der Waals surface area contributed by atoms with Crippen LogP contribution in [0.3, 0.4) is 0 Å². The lowest BCUT2D eigenvalue weighted by molar-refractivity contribution is 0.566. The van der Waals surface area contributed by atoms with Gasteiger partial charge in [-0.2, -0.15) is 0 Å². The van der Waals surface area contributed by atoms with E-state index in [0.717, 1.165) is 5.56 Å². The zero-order valence-electron chi connectivity index (χ0n) is 11.9. The van der Waals surface area contributed by atoms with Crippen molar-refractivity contribution >= 4 is 22.6 Å². The van der Waals surface area contributed by atoms with E-state index >= 15 is 0 Å². The van der Waals surface area contributed by atoms with Crippen LogP contribution in [0.1, 0.15) is 31.2 Å². The Morgan fingerprint density at radius 2 is 2.00 bits per heavy atom. The molecule has 0 N–H and O–H groups in total. The Labute approximate surface area is 126 Å². The second-order valence-electron chi connectivity index (χ2n) is 5.27. The average molecular weight is 305 g/mol. The lowest BCUT2D eigenvalue weighted by atomic mass is 10.1. The lowest BCUT2D eigenvalue weighted by Gasteiger charge is -2.09. The Hall–Kier alpha value is -1.94. The Bertz CT molecular complexity index is 827. The Morgan fingerprint density at radius 1 is 1.24 bits per heavy atom. The molecule has 0 aliphatic heterocycles. The summed E-state index contributed by atoms with van der Waals surface area (Å²) in [5, 5.41) is 1.09. The van der Waals surface area contributed by atoms with Gasteiger partial charge in [-0.1, -0.05) is 37.6 Å². The van der Waals surface area contributed by atoms with Gasteiger partial charge in [0, 0.05) is 16.9 Å². The number of rotatable bonds is 2. The summed E-state index contributed by atoms with van der Waals surface area (Å²) < 4.78 is 19.4. The highest BCUT2D eigenvalue weighted by atomic mass is 35.5. The van der Waals surface area contributed by atoms with Crippen LogP contribution in [0.15, 0.2) is 28.7 Å². The molecule has 2 aromatic heterocycles.